The second-order valence-corrected chi connectivity index (χ2v) is 22.0. The molecule has 6 nitrogen and oxygen atoms in total. The quantitative estimate of drug-likeness (QED) is 0.0261. The van der Waals surface area contributed by atoms with Gasteiger partial charge in [0, 0.05) is 19.3 Å². The van der Waals surface area contributed by atoms with Gasteiger partial charge in [-0.25, -0.2) is 0 Å². The molecule has 0 aliphatic rings. The number of hydrogen-bond donors (Lipinski definition) is 0. The molecule has 0 aliphatic heterocycles. The summed E-state index contributed by atoms with van der Waals surface area (Å²) in [6.45, 7) is 6.52. The Hall–Kier alpha value is -3.15. The summed E-state index contributed by atoms with van der Waals surface area (Å²) in [6.07, 6.45) is 83.7. The Kier molecular flexibility index (Phi) is 61.7. The fraction of sp³-hybridized carbons (Fsp3) is 0.786. The maximum absolute atomic E-state index is 12.9. The zero-order valence-electron chi connectivity index (χ0n) is 50.5. The normalized spacial score (nSPS) is 12.5. The predicted octanol–water partition coefficient (Wildman–Crippen LogP) is 22.5. The molecule has 1 atom stereocenters. The summed E-state index contributed by atoms with van der Waals surface area (Å²) in [6, 6.07) is 0. The fourth-order valence-electron chi connectivity index (χ4n) is 9.57. The predicted molar refractivity (Wildman–Crippen MR) is 330 cm³/mol. The highest BCUT2D eigenvalue weighted by molar-refractivity contribution is 5.71. The van der Waals surface area contributed by atoms with Crippen LogP contribution in [0.3, 0.4) is 0 Å². The van der Waals surface area contributed by atoms with Crippen molar-refractivity contribution < 1.29 is 28.6 Å². The minimum atomic E-state index is -0.786. The van der Waals surface area contributed by atoms with Crippen LogP contribution in [-0.2, 0) is 28.6 Å². The summed E-state index contributed by atoms with van der Waals surface area (Å²) < 4.78 is 16.9. The molecule has 0 radical (unpaired) electrons. The van der Waals surface area contributed by atoms with E-state index in [4.69, 9.17) is 14.2 Å². The molecule has 0 aromatic carbocycles. The van der Waals surface area contributed by atoms with Gasteiger partial charge in [-0.15, -0.1) is 0 Å². The molecule has 0 spiro atoms. The van der Waals surface area contributed by atoms with Gasteiger partial charge in [-0.2, -0.15) is 0 Å². The topological polar surface area (TPSA) is 78.9 Å². The van der Waals surface area contributed by atoms with Gasteiger partial charge < -0.3 is 14.2 Å². The third-order valence-corrected chi connectivity index (χ3v) is 14.5. The van der Waals surface area contributed by atoms with Crippen molar-refractivity contribution in [3.63, 3.8) is 0 Å². The Labute approximate surface area is 472 Å². The summed E-state index contributed by atoms with van der Waals surface area (Å²) >= 11 is 0. The number of hydrogen-bond acceptors (Lipinski definition) is 6. The minimum Gasteiger partial charge on any atom is -0.462 e. The molecule has 0 fully saturated rings. The van der Waals surface area contributed by atoms with E-state index in [9.17, 15) is 14.4 Å². The highest BCUT2D eigenvalue weighted by Gasteiger charge is 2.19. The third-order valence-electron chi connectivity index (χ3n) is 14.5. The van der Waals surface area contributed by atoms with E-state index in [1.807, 2.05) is 0 Å². The van der Waals surface area contributed by atoms with Crippen LogP contribution in [0, 0.1) is 0 Å². The first-order chi connectivity index (χ1) is 37.5. The molecule has 440 valence electrons. The van der Waals surface area contributed by atoms with Crippen LogP contribution < -0.4 is 0 Å². The molecular weight excluding hydrogens is 937 g/mol. The number of carbonyl (C=O) groups is 3. The van der Waals surface area contributed by atoms with Crippen molar-refractivity contribution in [2.24, 2.45) is 0 Å². The average molecular weight is 1060 g/mol. The first kappa shape index (κ1) is 72.8. The second kappa shape index (κ2) is 64.4. The molecular formula is C70H124O6. The summed E-state index contributed by atoms with van der Waals surface area (Å²) in [5.74, 6) is -0.897. The lowest BCUT2D eigenvalue weighted by atomic mass is 10.0. The van der Waals surface area contributed by atoms with Crippen LogP contribution in [0.1, 0.15) is 335 Å². The van der Waals surface area contributed by atoms with Crippen molar-refractivity contribution in [1.82, 2.24) is 0 Å². The summed E-state index contributed by atoms with van der Waals surface area (Å²) in [7, 11) is 0. The molecule has 0 rings (SSSR count). The summed E-state index contributed by atoms with van der Waals surface area (Å²) in [4.78, 5) is 38.1. The van der Waals surface area contributed by atoms with Crippen molar-refractivity contribution in [2.45, 2.75) is 341 Å². The molecule has 76 heavy (non-hydrogen) atoms. The van der Waals surface area contributed by atoms with Crippen LogP contribution in [0.5, 0.6) is 0 Å². The zero-order valence-corrected chi connectivity index (χ0v) is 50.5. The molecule has 0 heterocycles. The van der Waals surface area contributed by atoms with E-state index < -0.39 is 6.10 Å². The molecule has 6 heteroatoms. The highest BCUT2D eigenvalue weighted by atomic mass is 16.6. The van der Waals surface area contributed by atoms with Crippen LogP contribution in [0.4, 0.5) is 0 Å². The number of allylic oxidation sites excluding steroid dienone is 12. The monoisotopic (exact) mass is 1060 g/mol. The van der Waals surface area contributed by atoms with Crippen LogP contribution in [0.15, 0.2) is 72.9 Å². The lowest BCUT2D eigenvalue weighted by molar-refractivity contribution is -0.167. The van der Waals surface area contributed by atoms with E-state index in [1.54, 1.807) is 0 Å². The first-order valence-corrected chi connectivity index (χ1v) is 32.9. The van der Waals surface area contributed by atoms with Crippen molar-refractivity contribution >= 4 is 17.9 Å². The van der Waals surface area contributed by atoms with Crippen molar-refractivity contribution in [1.29, 1.82) is 0 Å². The second-order valence-electron chi connectivity index (χ2n) is 22.0. The molecule has 0 bridgehead atoms. The van der Waals surface area contributed by atoms with E-state index in [1.165, 1.54) is 186 Å². The number of unbranched alkanes of at least 4 members (excludes halogenated alkanes) is 37. The van der Waals surface area contributed by atoms with Gasteiger partial charge >= 0.3 is 17.9 Å². The van der Waals surface area contributed by atoms with Gasteiger partial charge in [0.05, 0.1) is 0 Å². The van der Waals surface area contributed by atoms with Crippen molar-refractivity contribution in [3.05, 3.63) is 72.9 Å². The van der Waals surface area contributed by atoms with E-state index in [0.29, 0.717) is 19.3 Å². The zero-order chi connectivity index (χ0) is 55.0. The van der Waals surface area contributed by atoms with Crippen molar-refractivity contribution in [3.8, 4) is 0 Å². The molecule has 0 saturated heterocycles. The number of ether oxygens (including phenoxy) is 3. The maximum atomic E-state index is 12.9. The van der Waals surface area contributed by atoms with Gasteiger partial charge in [0.2, 0.25) is 0 Å². The van der Waals surface area contributed by atoms with Gasteiger partial charge in [0.25, 0.3) is 0 Å². The number of carbonyl (C=O) groups excluding carboxylic acids is 3. The van der Waals surface area contributed by atoms with Crippen molar-refractivity contribution in [2.75, 3.05) is 13.2 Å². The highest BCUT2D eigenvalue weighted by Crippen LogP contribution is 2.18. The summed E-state index contributed by atoms with van der Waals surface area (Å²) in [5, 5.41) is 0. The van der Waals surface area contributed by atoms with Crippen LogP contribution >= 0.6 is 0 Å². The Morgan fingerprint density at radius 2 is 0.513 bits per heavy atom. The smallest absolute Gasteiger partial charge is 0.306 e. The van der Waals surface area contributed by atoms with E-state index in [2.05, 4.69) is 93.7 Å². The minimum absolute atomic E-state index is 0.0823. The lowest BCUT2D eigenvalue weighted by Gasteiger charge is -2.18. The Bertz CT molecular complexity index is 1400. The fourth-order valence-corrected chi connectivity index (χ4v) is 9.57. The molecule has 0 amide bonds. The number of esters is 3. The van der Waals surface area contributed by atoms with Gasteiger partial charge in [-0.1, -0.05) is 318 Å². The van der Waals surface area contributed by atoms with E-state index in [-0.39, 0.29) is 31.1 Å². The third kappa shape index (κ3) is 61.7. The molecule has 0 aromatic heterocycles. The Balaban J connectivity index is 4.17. The first-order valence-electron chi connectivity index (χ1n) is 32.9. The van der Waals surface area contributed by atoms with Crippen LogP contribution in [0.25, 0.3) is 0 Å². The number of rotatable bonds is 60. The molecule has 0 aromatic rings. The van der Waals surface area contributed by atoms with Gasteiger partial charge in [0.15, 0.2) is 6.10 Å². The largest absolute Gasteiger partial charge is 0.462 e. The van der Waals surface area contributed by atoms with E-state index in [0.717, 1.165) is 109 Å². The van der Waals surface area contributed by atoms with E-state index >= 15 is 0 Å². The van der Waals surface area contributed by atoms with Crippen LogP contribution in [0.2, 0.25) is 0 Å². The van der Waals surface area contributed by atoms with Gasteiger partial charge in [0.1, 0.15) is 13.2 Å². The van der Waals surface area contributed by atoms with Crippen LogP contribution in [-0.4, -0.2) is 37.2 Å². The Morgan fingerprint density at radius 3 is 0.803 bits per heavy atom. The van der Waals surface area contributed by atoms with Gasteiger partial charge in [-0.3, -0.25) is 14.4 Å². The maximum Gasteiger partial charge on any atom is 0.306 e. The standard InChI is InChI=1S/C70H124O6/c1-4-7-10-13-16-19-21-23-25-27-29-31-33-34-35-36-38-39-41-43-45-47-49-51-54-57-60-63-69(72)75-66-67(65-74-68(71)62-59-56-53-18-15-12-9-6-3)76-70(73)64-61-58-55-52-50-48-46-44-42-40-37-32-30-28-26-24-22-20-17-14-11-8-5-2/h8,11,17,20,24,26,30,32,40,42,46,48,67H,4-7,9-10,12-16,18-19,21-23,25,27-29,31,33-39,41,43-45,47,49-66H2,1-3H3/b11-8-,20-17-,26-24-,32-30-,42-40-,48-46-. The SMILES string of the molecule is CC/C=C\C/C=C\C/C=C\C/C=C\C/C=C\C/C=C\CCCCCCC(=O)OC(COC(=O)CCCCCCCCCC)COC(=O)CCCCCCCCCCCCCCCCCCCCCCCCCCCCC. The molecule has 0 aliphatic carbocycles. The average Bonchev–Trinajstić information content (AvgIpc) is 3.42. The summed E-state index contributed by atoms with van der Waals surface area (Å²) in [5.41, 5.74) is 0. The lowest BCUT2D eigenvalue weighted by Crippen LogP contribution is -2.30. The van der Waals surface area contributed by atoms with Gasteiger partial charge in [-0.05, 0) is 70.6 Å². The Morgan fingerprint density at radius 1 is 0.276 bits per heavy atom. The molecule has 1 unspecified atom stereocenters. The molecule has 0 N–H and O–H groups in total. The molecule has 0 saturated carbocycles.